The van der Waals surface area contributed by atoms with Crippen molar-refractivity contribution in [2.45, 2.75) is 42.4 Å². The van der Waals surface area contributed by atoms with Gasteiger partial charge in [0.25, 0.3) is 0 Å². The third-order valence-corrected chi connectivity index (χ3v) is 8.10. The van der Waals surface area contributed by atoms with Gasteiger partial charge in [-0.1, -0.05) is 12.8 Å². The van der Waals surface area contributed by atoms with Crippen LogP contribution in [0.1, 0.15) is 32.6 Å². The highest BCUT2D eigenvalue weighted by Crippen LogP contribution is 2.30. The van der Waals surface area contributed by atoms with E-state index in [2.05, 4.69) is 10.6 Å². The highest BCUT2D eigenvalue weighted by molar-refractivity contribution is 8.00. The van der Waals surface area contributed by atoms with Gasteiger partial charge < -0.3 is 15.4 Å². The van der Waals surface area contributed by atoms with E-state index in [0.29, 0.717) is 30.2 Å². The number of hydrogen-bond donors (Lipinski definition) is 2. The van der Waals surface area contributed by atoms with E-state index in [1.165, 1.54) is 42.2 Å². The number of benzene rings is 2. The lowest BCUT2D eigenvalue weighted by Gasteiger charge is -2.21. The monoisotopic (exact) mass is 491 g/mol. The fraction of sp³-hybridized carbons (Fsp3) is 0.391. The minimum atomic E-state index is -3.65. The van der Waals surface area contributed by atoms with E-state index in [0.717, 1.165) is 30.6 Å². The molecule has 0 aromatic heterocycles. The number of hydrogen-bond acceptors (Lipinski definition) is 6. The molecule has 0 atom stereocenters. The number of carbonyl (C=O) groups excluding carboxylic acids is 2. The van der Waals surface area contributed by atoms with Crippen molar-refractivity contribution >= 4 is 45.0 Å². The summed E-state index contributed by atoms with van der Waals surface area (Å²) in [4.78, 5) is 24.7. The van der Waals surface area contributed by atoms with E-state index >= 15 is 0 Å². The van der Waals surface area contributed by atoms with E-state index in [9.17, 15) is 18.0 Å². The number of sulfonamides is 1. The third kappa shape index (κ3) is 6.96. The van der Waals surface area contributed by atoms with Crippen molar-refractivity contribution in [2.24, 2.45) is 0 Å². The number of rotatable bonds is 8. The Morgan fingerprint density at radius 1 is 1.00 bits per heavy atom. The summed E-state index contributed by atoms with van der Waals surface area (Å²) in [7, 11) is -2.17. The normalized spacial score (nSPS) is 14.8. The first-order valence-corrected chi connectivity index (χ1v) is 13.2. The number of amides is 2. The summed E-state index contributed by atoms with van der Waals surface area (Å²) >= 11 is 1.33. The molecule has 0 bridgehead atoms. The predicted molar refractivity (Wildman–Crippen MR) is 130 cm³/mol. The summed E-state index contributed by atoms with van der Waals surface area (Å²) in [5, 5.41) is 5.46. The number of carbonyl (C=O) groups is 2. The molecule has 1 aliphatic heterocycles. The molecular weight excluding hydrogens is 462 g/mol. The van der Waals surface area contributed by atoms with E-state index in [1.807, 2.05) is 12.1 Å². The summed E-state index contributed by atoms with van der Waals surface area (Å²) in [6.45, 7) is 2.45. The highest BCUT2D eigenvalue weighted by Gasteiger charge is 2.26. The van der Waals surface area contributed by atoms with Crippen LogP contribution in [0.3, 0.4) is 0 Å². The second-order valence-electron chi connectivity index (χ2n) is 7.72. The Morgan fingerprint density at radius 2 is 1.67 bits per heavy atom. The Hall–Kier alpha value is -2.56. The van der Waals surface area contributed by atoms with Crippen LogP contribution >= 0.6 is 11.8 Å². The highest BCUT2D eigenvalue weighted by atomic mass is 32.2. The SMILES string of the molecule is COc1ccc(S(=O)(=O)N2CCCCCC2)cc1NC(=O)CSc1ccc(NC(C)=O)cc1. The van der Waals surface area contributed by atoms with Crippen molar-refractivity contribution in [1.29, 1.82) is 0 Å². The Balaban J connectivity index is 1.68. The van der Waals surface area contributed by atoms with Gasteiger partial charge in [0.15, 0.2) is 0 Å². The molecule has 33 heavy (non-hydrogen) atoms. The van der Waals surface area contributed by atoms with Crippen LogP contribution in [-0.2, 0) is 19.6 Å². The maximum absolute atomic E-state index is 13.1. The van der Waals surface area contributed by atoms with Crippen molar-refractivity contribution in [2.75, 3.05) is 36.6 Å². The molecule has 0 spiro atoms. The van der Waals surface area contributed by atoms with Crippen LogP contribution in [0.5, 0.6) is 5.75 Å². The average molecular weight is 492 g/mol. The molecule has 0 aliphatic carbocycles. The van der Waals surface area contributed by atoms with E-state index < -0.39 is 10.0 Å². The fourth-order valence-corrected chi connectivity index (χ4v) is 5.79. The van der Waals surface area contributed by atoms with Gasteiger partial charge in [0.2, 0.25) is 21.8 Å². The standard InChI is InChI=1S/C23H29N3O5S2/c1-17(27)24-18-7-9-19(10-8-18)32-16-23(28)25-21-15-20(11-12-22(21)31-2)33(29,30)26-13-5-3-4-6-14-26/h7-12,15H,3-6,13-14,16H2,1-2H3,(H,24,27)(H,25,28). The molecule has 10 heteroatoms. The number of thioether (sulfide) groups is 1. The van der Waals surface area contributed by atoms with Gasteiger partial charge >= 0.3 is 0 Å². The topological polar surface area (TPSA) is 105 Å². The molecule has 2 amide bonds. The molecule has 1 fully saturated rings. The molecule has 3 rings (SSSR count). The van der Waals surface area contributed by atoms with E-state index in [1.54, 1.807) is 18.2 Å². The molecule has 8 nitrogen and oxygen atoms in total. The Bertz CT molecular complexity index is 1080. The molecule has 2 aromatic rings. The minimum Gasteiger partial charge on any atom is -0.495 e. The smallest absolute Gasteiger partial charge is 0.243 e. The largest absolute Gasteiger partial charge is 0.495 e. The van der Waals surface area contributed by atoms with Crippen molar-refractivity contribution in [3.8, 4) is 5.75 Å². The molecule has 1 aliphatic rings. The van der Waals surface area contributed by atoms with Gasteiger partial charge in [-0.05, 0) is 55.3 Å². The van der Waals surface area contributed by atoms with Crippen molar-refractivity contribution in [3.05, 3.63) is 42.5 Å². The average Bonchev–Trinajstić information content (AvgIpc) is 3.08. The van der Waals surface area contributed by atoms with Gasteiger partial charge in [0.05, 0.1) is 23.4 Å². The van der Waals surface area contributed by atoms with Crippen molar-refractivity contribution in [1.82, 2.24) is 4.31 Å². The summed E-state index contributed by atoms with van der Waals surface area (Å²) in [6.07, 6.45) is 3.76. The van der Waals surface area contributed by atoms with E-state index in [4.69, 9.17) is 4.74 Å². The molecular formula is C23H29N3O5S2. The quantitative estimate of drug-likeness (QED) is 0.542. The third-order valence-electron chi connectivity index (χ3n) is 5.19. The minimum absolute atomic E-state index is 0.131. The van der Waals surface area contributed by atoms with Gasteiger partial charge in [-0.3, -0.25) is 9.59 Å². The van der Waals surface area contributed by atoms with Crippen LogP contribution in [-0.4, -0.2) is 50.5 Å². The number of ether oxygens (including phenoxy) is 1. The summed E-state index contributed by atoms with van der Waals surface area (Å²) in [5.74, 6) is 0.0892. The molecule has 178 valence electrons. The number of methoxy groups -OCH3 is 1. The van der Waals surface area contributed by atoms with Crippen LogP contribution in [0.4, 0.5) is 11.4 Å². The molecule has 0 unspecified atom stereocenters. The van der Waals surface area contributed by atoms with Crippen LogP contribution < -0.4 is 15.4 Å². The number of nitrogens with one attached hydrogen (secondary N) is 2. The maximum Gasteiger partial charge on any atom is 0.243 e. The number of nitrogens with zero attached hydrogens (tertiary/aromatic N) is 1. The lowest BCUT2D eigenvalue weighted by Crippen LogP contribution is -2.32. The molecule has 0 saturated carbocycles. The van der Waals surface area contributed by atoms with Gasteiger partial charge in [-0.15, -0.1) is 11.8 Å². The second kappa shape index (κ2) is 11.5. The van der Waals surface area contributed by atoms with Gasteiger partial charge in [-0.25, -0.2) is 8.42 Å². The lowest BCUT2D eigenvalue weighted by molar-refractivity contribution is -0.114. The lowest BCUT2D eigenvalue weighted by atomic mass is 10.2. The molecule has 2 N–H and O–H groups in total. The zero-order chi connectivity index (χ0) is 23.8. The molecule has 1 saturated heterocycles. The zero-order valence-electron chi connectivity index (χ0n) is 18.8. The Labute approximate surface area is 199 Å². The molecule has 2 aromatic carbocycles. The second-order valence-corrected chi connectivity index (χ2v) is 10.7. The molecule has 1 heterocycles. The van der Waals surface area contributed by atoms with Crippen LogP contribution in [0.25, 0.3) is 0 Å². The van der Waals surface area contributed by atoms with E-state index in [-0.39, 0.29) is 22.5 Å². The fourth-order valence-electron chi connectivity index (χ4n) is 3.55. The predicted octanol–water partition coefficient (Wildman–Crippen LogP) is 3.95. The van der Waals surface area contributed by atoms with Crippen molar-refractivity contribution < 1.29 is 22.7 Å². The van der Waals surface area contributed by atoms with Gasteiger partial charge in [0.1, 0.15) is 5.75 Å². The van der Waals surface area contributed by atoms with Gasteiger partial charge in [-0.2, -0.15) is 4.31 Å². The summed E-state index contributed by atoms with van der Waals surface area (Å²) in [6, 6.07) is 11.7. The summed E-state index contributed by atoms with van der Waals surface area (Å²) in [5.41, 5.74) is 1.00. The Morgan fingerprint density at radius 3 is 2.27 bits per heavy atom. The maximum atomic E-state index is 13.1. The van der Waals surface area contributed by atoms with Crippen LogP contribution in [0.2, 0.25) is 0 Å². The van der Waals surface area contributed by atoms with Crippen molar-refractivity contribution in [3.63, 3.8) is 0 Å². The first-order valence-electron chi connectivity index (χ1n) is 10.8. The Kier molecular flexibility index (Phi) is 8.76. The first-order chi connectivity index (χ1) is 15.8. The number of anilines is 2. The first kappa shape index (κ1) is 25.1. The zero-order valence-corrected chi connectivity index (χ0v) is 20.4. The van der Waals surface area contributed by atoms with Crippen LogP contribution in [0, 0.1) is 0 Å². The summed E-state index contributed by atoms with van der Waals surface area (Å²) < 4.78 is 33.1. The van der Waals surface area contributed by atoms with Crippen LogP contribution in [0.15, 0.2) is 52.3 Å². The van der Waals surface area contributed by atoms with Gasteiger partial charge in [0, 0.05) is 30.6 Å². The molecule has 0 radical (unpaired) electrons.